The Kier molecular flexibility index (Phi) is 2.73. The van der Waals surface area contributed by atoms with Gasteiger partial charge in [0.15, 0.2) is 5.78 Å². The van der Waals surface area contributed by atoms with E-state index in [1.807, 2.05) is 0 Å². The van der Waals surface area contributed by atoms with Crippen molar-refractivity contribution in [2.75, 3.05) is 0 Å². The average molecular weight is 193 g/mol. The Labute approximate surface area is 85.6 Å². The maximum Gasteiger partial charge on any atom is 0.156 e. The zero-order valence-electron chi connectivity index (χ0n) is 8.72. The van der Waals surface area contributed by atoms with Gasteiger partial charge in [-0.15, -0.1) is 0 Å². The zero-order valence-corrected chi connectivity index (χ0v) is 8.72. The normalized spacial score (nSPS) is 25.1. The van der Waals surface area contributed by atoms with Gasteiger partial charge in [-0.05, 0) is 32.1 Å². The molecule has 2 rings (SSSR count). The van der Waals surface area contributed by atoms with Gasteiger partial charge in [0.1, 0.15) is 0 Å². The highest BCUT2D eigenvalue weighted by Gasteiger charge is 2.36. The fourth-order valence-electron chi connectivity index (χ4n) is 2.56. The fraction of sp³-hybridized carbons (Fsp3) is 0.750. The highest BCUT2D eigenvalue weighted by molar-refractivity contribution is 5.90. The lowest BCUT2D eigenvalue weighted by Gasteiger charge is -2.21. The molecule has 0 aromatic carbocycles. The second kappa shape index (κ2) is 3.85. The number of carbonyl (C=O) groups is 1. The van der Waals surface area contributed by atoms with Crippen LogP contribution in [-0.4, -0.2) is 11.3 Å². The van der Waals surface area contributed by atoms with Gasteiger partial charge >= 0.3 is 0 Å². The summed E-state index contributed by atoms with van der Waals surface area (Å²) in [6.45, 7) is 0. The van der Waals surface area contributed by atoms with Crippen molar-refractivity contribution in [1.82, 2.24) is 0 Å². The van der Waals surface area contributed by atoms with E-state index < -0.39 is 5.54 Å². The molecule has 0 unspecified atom stereocenters. The third-order valence-electron chi connectivity index (χ3n) is 3.57. The molecular weight excluding hydrogens is 174 g/mol. The zero-order chi connectivity index (χ0) is 10.0. The lowest BCUT2D eigenvalue weighted by molar-refractivity contribution is -0.123. The summed E-state index contributed by atoms with van der Waals surface area (Å²) in [4.78, 5) is 12.0. The Morgan fingerprint density at radius 3 is 2.64 bits per heavy atom. The molecule has 0 aromatic rings. The first kappa shape index (κ1) is 9.91. The maximum absolute atomic E-state index is 12.0. The van der Waals surface area contributed by atoms with Crippen LogP contribution in [-0.2, 0) is 4.79 Å². The number of allylic oxidation sites excluding steroid dienone is 2. The summed E-state index contributed by atoms with van der Waals surface area (Å²) < 4.78 is 0. The molecule has 2 N–H and O–H groups in total. The number of nitrogens with two attached hydrogens (primary N) is 1. The average Bonchev–Trinajstić information content (AvgIpc) is 2.76. The van der Waals surface area contributed by atoms with Crippen molar-refractivity contribution in [3.63, 3.8) is 0 Å². The molecule has 0 aromatic heterocycles. The molecule has 0 bridgehead atoms. The van der Waals surface area contributed by atoms with Crippen molar-refractivity contribution in [2.45, 2.75) is 56.9 Å². The van der Waals surface area contributed by atoms with Gasteiger partial charge in [-0.2, -0.15) is 0 Å². The Bertz CT molecular complexity index is 261. The summed E-state index contributed by atoms with van der Waals surface area (Å²) in [6, 6.07) is 0. The molecule has 0 aliphatic heterocycles. The van der Waals surface area contributed by atoms with Crippen molar-refractivity contribution in [1.29, 1.82) is 0 Å². The van der Waals surface area contributed by atoms with Crippen LogP contribution < -0.4 is 5.73 Å². The van der Waals surface area contributed by atoms with Crippen LogP contribution >= 0.6 is 0 Å². The standard InChI is InChI=1S/C12H19NO/c13-12(7-3-4-8-12)11(14)9-10-5-1-2-6-10/h5H,1-4,6-9,13H2. The van der Waals surface area contributed by atoms with E-state index in [1.165, 1.54) is 12.0 Å². The van der Waals surface area contributed by atoms with Gasteiger partial charge in [0.25, 0.3) is 0 Å². The molecule has 0 saturated heterocycles. The van der Waals surface area contributed by atoms with E-state index in [-0.39, 0.29) is 5.78 Å². The molecule has 2 nitrogen and oxygen atoms in total. The number of rotatable bonds is 3. The van der Waals surface area contributed by atoms with Crippen molar-refractivity contribution in [2.24, 2.45) is 5.73 Å². The number of Topliss-reactive ketones (excluding diaryl/α,β-unsaturated/α-hetero) is 1. The molecule has 0 amide bonds. The van der Waals surface area contributed by atoms with E-state index in [4.69, 9.17) is 5.73 Å². The Hall–Kier alpha value is -0.630. The second-order valence-electron chi connectivity index (χ2n) is 4.72. The van der Waals surface area contributed by atoms with Gasteiger partial charge in [-0.3, -0.25) is 4.79 Å². The van der Waals surface area contributed by atoms with Gasteiger partial charge in [-0.25, -0.2) is 0 Å². The molecule has 0 spiro atoms. The molecule has 78 valence electrons. The molecule has 1 fully saturated rings. The minimum atomic E-state index is -0.469. The van der Waals surface area contributed by atoms with Gasteiger partial charge in [0, 0.05) is 6.42 Å². The third-order valence-corrected chi connectivity index (χ3v) is 3.57. The van der Waals surface area contributed by atoms with Crippen LogP contribution in [0.25, 0.3) is 0 Å². The fourth-order valence-corrected chi connectivity index (χ4v) is 2.56. The maximum atomic E-state index is 12.0. The number of hydrogen-bond acceptors (Lipinski definition) is 2. The van der Waals surface area contributed by atoms with E-state index in [0.717, 1.165) is 38.5 Å². The van der Waals surface area contributed by atoms with E-state index in [9.17, 15) is 4.79 Å². The van der Waals surface area contributed by atoms with Crippen molar-refractivity contribution in [3.05, 3.63) is 11.6 Å². The SMILES string of the molecule is NC1(C(=O)CC2=CCCC2)CCCC1. The van der Waals surface area contributed by atoms with Crippen LogP contribution in [0.4, 0.5) is 0 Å². The van der Waals surface area contributed by atoms with Crippen LogP contribution in [0.3, 0.4) is 0 Å². The van der Waals surface area contributed by atoms with Gasteiger partial charge in [0.05, 0.1) is 5.54 Å². The van der Waals surface area contributed by atoms with Crippen LogP contribution in [0.15, 0.2) is 11.6 Å². The first-order chi connectivity index (χ1) is 6.71. The molecule has 0 radical (unpaired) electrons. The van der Waals surface area contributed by atoms with Crippen molar-refractivity contribution >= 4 is 5.78 Å². The smallest absolute Gasteiger partial charge is 0.156 e. The molecule has 2 aliphatic carbocycles. The summed E-state index contributed by atoms with van der Waals surface area (Å²) >= 11 is 0. The third kappa shape index (κ3) is 1.90. The molecule has 14 heavy (non-hydrogen) atoms. The largest absolute Gasteiger partial charge is 0.319 e. The number of ketones is 1. The van der Waals surface area contributed by atoms with Gasteiger partial charge in [0.2, 0.25) is 0 Å². The van der Waals surface area contributed by atoms with Gasteiger partial charge < -0.3 is 5.73 Å². The summed E-state index contributed by atoms with van der Waals surface area (Å²) in [6.07, 6.45) is 10.4. The summed E-state index contributed by atoms with van der Waals surface area (Å²) in [5.74, 6) is 0.281. The predicted octanol–water partition coefficient (Wildman–Crippen LogP) is 2.33. The number of hydrogen-bond donors (Lipinski definition) is 1. The molecular formula is C12H19NO. The van der Waals surface area contributed by atoms with Crippen LogP contribution in [0.5, 0.6) is 0 Å². The summed E-state index contributed by atoms with van der Waals surface area (Å²) in [7, 11) is 0. The highest BCUT2D eigenvalue weighted by atomic mass is 16.1. The molecule has 1 saturated carbocycles. The Morgan fingerprint density at radius 1 is 1.36 bits per heavy atom. The first-order valence-corrected chi connectivity index (χ1v) is 5.71. The van der Waals surface area contributed by atoms with E-state index in [1.54, 1.807) is 0 Å². The van der Waals surface area contributed by atoms with Crippen molar-refractivity contribution < 1.29 is 4.79 Å². The minimum Gasteiger partial charge on any atom is -0.319 e. The summed E-state index contributed by atoms with van der Waals surface area (Å²) in [5.41, 5.74) is 6.96. The monoisotopic (exact) mass is 193 g/mol. The lowest BCUT2D eigenvalue weighted by Crippen LogP contribution is -2.45. The second-order valence-corrected chi connectivity index (χ2v) is 4.72. The van der Waals surface area contributed by atoms with Crippen molar-refractivity contribution in [3.8, 4) is 0 Å². The van der Waals surface area contributed by atoms with Crippen LogP contribution in [0.1, 0.15) is 51.4 Å². The quantitative estimate of drug-likeness (QED) is 0.699. The molecule has 2 heteroatoms. The van der Waals surface area contributed by atoms with E-state index >= 15 is 0 Å². The first-order valence-electron chi connectivity index (χ1n) is 5.71. The molecule has 0 atom stereocenters. The minimum absolute atomic E-state index is 0.281. The van der Waals surface area contributed by atoms with Gasteiger partial charge in [-0.1, -0.05) is 24.5 Å². The van der Waals surface area contributed by atoms with Crippen LogP contribution in [0, 0.1) is 0 Å². The lowest BCUT2D eigenvalue weighted by atomic mass is 9.89. The topological polar surface area (TPSA) is 43.1 Å². The predicted molar refractivity (Wildman–Crippen MR) is 56.9 cm³/mol. The van der Waals surface area contributed by atoms with E-state index in [0.29, 0.717) is 6.42 Å². The highest BCUT2D eigenvalue weighted by Crippen LogP contribution is 2.31. The molecule has 2 aliphatic rings. The summed E-state index contributed by atoms with van der Waals surface area (Å²) in [5, 5.41) is 0. The molecule has 0 heterocycles. The Balaban J connectivity index is 1.94. The van der Waals surface area contributed by atoms with E-state index in [2.05, 4.69) is 6.08 Å². The van der Waals surface area contributed by atoms with Crippen LogP contribution in [0.2, 0.25) is 0 Å². The number of carbonyl (C=O) groups excluding carboxylic acids is 1. The Morgan fingerprint density at radius 2 is 2.07 bits per heavy atom.